The number of rotatable bonds is 3. The summed E-state index contributed by atoms with van der Waals surface area (Å²) < 4.78 is 31.2. The first kappa shape index (κ1) is 14.9. The van der Waals surface area contributed by atoms with Crippen LogP contribution < -0.4 is 0 Å². The van der Waals surface area contributed by atoms with E-state index in [2.05, 4.69) is 30.1 Å². The molecule has 0 spiro atoms. The Balaban J connectivity index is 1.99. The van der Waals surface area contributed by atoms with Crippen molar-refractivity contribution in [3.8, 4) is 22.0 Å². The molecule has 110 valence electrons. The average molecular weight is 328 g/mol. The Labute approximate surface area is 131 Å². The Morgan fingerprint density at radius 2 is 1.45 bits per heavy atom. The fraction of sp³-hybridized carbons (Fsp3) is 0. The van der Waals surface area contributed by atoms with Crippen LogP contribution in [-0.4, -0.2) is 13.0 Å². The van der Waals surface area contributed by atoms with E-state index in [4.69, 9.17) is 4.55 Å². The summed E-state index contributed by atoms with van der Waals surface area (Å²) in [6, 6.07) is 20.5. The molecule has 0 amide bonds. The van der Waals surface area contributed by atoms with Gasteiger partial charge in [-0.25, -0.2) is 0 Å². The molecule has 1 heterocycles. The lowest BCUT2D eigenvalue weighted by molar-refractivity contribution is 0.483. The summed E-state index contributed by atoms with van der Waals surface area (Å²) in [4.78, 5) is -0.0906. The van der Waals surface area contributed by atoms with Crippen molar-refractivity contribution in [1.29, 1.82) is 0 Å². The number of hydrogen-bond acceptors (Lipinski definition) is 2. The Bertz CT molecular complexity index is 889. The highest BCUT2D eigenvalue weighted by Gasteiger charge is 2.09. The quantitative estimate of drug-likeness (QED) is 0.699. The SMILES string of the molecule is O=S(=O)(O)c1ccc(-c2cc(-c3ccccc3)ccp2)cc1. The van der Waals surface area contributed by atoms with Gasteiger partial charge in [-0.3, -0.25) is 4.55 Å². The molecule has 1 aromatic heterocycles. The lowest BCUT2D eigenvalue weighted by atomic mass is 10.1. The van der Waals surface area contributed by atoms with Gasteiger partial charge in [0.25, 0.3) is 10.1 Å². The molecule has 5 heteroatoms. The molecule has 2 aromatic carbocycles. The second-order valence-corrected chi connectivity index (χ2v) is 7.25. The van der Waals surface area contributed by atoms with Gasteiger partial charge in [0.15, 0.2) is 0 Å². The van der Waals surface area contributed by atoms with E-state index in [1.807, 2.05) is 18.2 Å². The zero-order valence-corrected chi connectivity index (χ0v) is 13.3. The van der Waals surface area contributed by atoms with Gasteiger partial charge in [0, 0.05) is 5.30 Å². The van der Waals surface area contributed by atoms with Gasteiger partial charge in [-0.15, -0.1) is 0 Å². The monoisotopic (exact) mass is 328 g/mol. The molecule has 3 aromatic rings. The maximum atomic E-state index is 11.1. The van der Waals surface area contributed by atoms with Gasteiger partial charge in [0.1, 0.15) is 0 Å². The van der Waals surface area contributed by atoms with E-state index in [9.17, 15) is 8.42 Å². The predicted octanol–water partition coefficient (Wildman–Crippen LogP) is 4.85. The van der Waals surface area contributed by atoms with Crippen molar-refractivity contribution in [2.75, 3.05) is 0 Å². The second-order valence-electron chi connectivity index (χ2n) is 4.80. The van der Waals surface area contributed by atoms with Crippen molar-refractivity contribution in [2.45, 2.75) is 4.90 Å². The van der Waals surface area contributed by atoms with Crippen LogP contribution in [-0.2, 0) is 10.1 Å². The largest absolute Gasteiger partial charge is 0.294 e. The molecular weight excluding hydrogens is 315 g/mol. The first-order valence-electron chi connectivity index (χ1n) is 6.63. The van der Waals surface area contributed by atoms with Gasteiger partial charge >= 0.3 is 0 Å². The summed E-state index contributed by atoms with van der Waals surface area (Å²) in [5, 5.41) is 1.09. The van der Waals surface area contributed by atoms with Crippen LogP contribution in [0.3, 0.4) is 0 Å². The Hall–Kier alpha value is -2.00. The lowest BCUT2D eigenvalue weighted by Crippen LogP contribution is -1.97. The maximum absolute atomic E-state index is 11.1. The highest BCUT2D eigenvalue weighted by Crippen LogP contribution is 2.32. The fourth-order valence-corrected chi connectivity index (χ4v) is 3.58. The summed E-state index contributed by atoms with van der Waals surface area (Å²) in [7, 11) is -3.09. The maximum Gasteiger partial charge on any atom is 0.294 e. The summed E-state index contributed by atoms with van der Waals surface area (Å²) in [6.07, 6.45) is 0. The van der Waals surface area contributed by atoms with Crippen molar-refractivity contribution in [1.82, 2.24) is 0 Å². The fourth-order valence-electron chi connectivity index (χ4n) is 2.20. The molecule has 0 unspecified atom stereocenters. The van der Waals surface area contributed by atoms with Crippen molar-refractivity contribution < 1.29 is 13.0 Å². The van der Waals surface area contributed by atoms with Crippen LogP contribution in [0.1, 0.15) is 0 Å². The molecule has 1 N–H and O–H groups in total. The lowest BCUT2D eigenvalue weighted by Gasteiger charge is -2.06. The summed E-state index contributed by atoms with van der Waals surface area (Å²) in [5.74, 6) is 2.06. The first-order valence-corrected chi connectivity index (χ1v) is 9.04. The van der Waals surface area contributed by atoms with Crippen LogP contribution in [0.2, 0.25) is 0 Å². The number of hydrogen-bond donors (Lipinski definition) is 1. The zero-order chi connectivity index (χ0) is 15.6. The van der Waals surface area contributed by atoms with Gasteiger partial charge in [-0.05, 0) is 46.8 Å². The molecule has 0 aliphatic rings. The Morgan fingerprint density at radius 1 is 0.773 bits per heavy atom. The van der Waals surface area contributed by atoms with Crippen LogP contribution >= 0.6 is 8.19 Å². The van der Waals surface area contributed by atoms with Crippen molar-refractivity contribution in [3.63, 3.8) is 0 Å². The standard InChI is InChI=1S/C17H13O3PS/c18-22(19,20)16-8-6-14(7-9-16)17-12-15(10-11-21-17)13-4-2-1-3-5-13/h1-12H,(H,18,19,20). The van der Waals surface area contributed by atoms with E-state index in [-0.39, 0.29) is 4.90 Å². The van der Waals surface area contributed by atoms with Crippen LogP contribution in [0.5, 0.6) is 0 Å². The molecule has 0 saturated heterocycles. The topological polar surface area (TPSA) is 54.4 Å². The third kappa shape index (κ3) is 3.25. The third-order valence-corrected chi connectivity index (χ3v) is 5.15. The van der Waals surface area contributed by atoms with Gasteiger partial charge in [0.2, 0.25) is 0 Å². The normalized spacial score (nSPS) is 11.7. The minimum Gasteiger partial charge on any atom is -0.282 e. The van der Waals surface area contributed by atoms with E-state index in [1.54, 1.807) is 12.1 Å². The molecule has 0 radical (unpaired) electrons. The van der Waals surface area contributed by atoms with E-state index in [0.717, 1.165) is 30.2 Å². The van der Waals surface area contributed by atoms with Crippen LogP contribution in [0.4, 0.5) is 0 Å². The smallest absolute Gasteiger partial charge is 0.282 e. The van der Waals surface area contributed by atoms with Gasteiger partial charge in [0.05, 0.1) is 4.90 Å². The summed E-state index contributed by atoms with van der Waals surface area (Å²) in [6.45, 7) is 0. The third-order valence-electron chi connectivity index (χ3n) is 3.31. The van der Waals surface area contributed by atoms with E-state index < -0.39 is 10.1 Å². The highest BCUT2D eigenvalue weighted by atomic mass is 32.2. The molecule has 0 atom stereocenters. The minimum atomic E-state index is -4.14. The molecule has 3 rings (SSSR count). The van der Waals surface area contributed by atoms with Gasteiger partial charge in [-0.1, -0.05) is 50.7 Å². The predicted molar refractivity (Wildman–Crippen MR) is 89.6 cm³/mol. The van der Waals surface area contributed by atoms with Gasteiger partial charge in [-0.2, -0.15) is 8.42 Å². The molecule has 0 fully saturated rings. The summed E-state index contributed by atoms with van der Waals surface area (Å²) in [5.41, 5.74) is 3.20. The number of benzene rings is 2. The molecule has 0 aliphatic carbocycles. The average Bonchev–Trinajstić information content (AvgIpc) is 2.55. The highest BCUT2D eigenvalue weighted by molar-refractivity contribution is 7.85. The zero-order valence-electron chi connectivity index (χ0n) is 11.5. The summed E-state index contributed by atoms with van der Waals surface area (Å²) >= 11 is 0. The second kappa shape index (κ2) is 6.01. The van der Waals surface area contributed by atoms with Crippen LogP contribution in [0.15, 0.2) is 77.4 Å². The molecule has 22 heavy (non-hydrogen) atoms. The molecule has 0 bridgehead atoms. The van der Waals surface area contributed by atoms with E-state index >= 15 is 0 Å². The minimum absolute atomic E-state index is 0.0906. The molecule has 3 nitrogen and oxygen atoms in total. The van der Waals surface area contributed by atoms with Crippen LogP contribution in [0, 0.1) is 0 Å². The van der Waals surface area contributed by atoms with Gasteiger partial charge < -0.3 is 0 Å². The van der Waals surface area contributed by atoms with Crippen molar-refractivity contribution in [2.24, 2.45) is 0 Å². The Morgan fingerprint density at radius 3 is 2.09 bits per heavy atom. The molecular formula is C17H13O3PS. The molecule has 0 saturated carbocycles. The Kier molecular flexibility index (Phi) is 4.08. The van der Waals surface area contributed by atoms with E-state index in [1.165, 1.54) is 12.1 Å². The van der Waals surface area contributed by atoms with E-state index in [0.29, 0.717) is 0 Å². The first-order chi connectivity index (χ1) is 10.5. The van der Waals surface area contributed by atoms with Crippen molar-refractivity contribution in [3.05, 3.63) is 72.5 Å². The van der Waals surface area contributed by atoms with Crippen LogP contribution in [0.25, 0.3) is 22.0 Å². The molecule has 0 aliphatic heterocycles. The van der Waals surface area contributed by atoms with Crippen molar-refractivity contribution >= 4 is 18.3 Å².